The summed E-state index contributed by atoms with van der Waals surface area (Å²) in [5, 5.41) is 0. The predicted octanol–water partition coefficient (Wildman–Crippen LogP) is 2.75. The lowest BCUT2D eigenvalue weighted by molar-refractivity contribution is 0.0730. The van der Waals surface area contributed by atoms with Crippen LogP contribution in [0.15, 0.2) is 35.4 Å². The highest BCUT2D eigenvalue weighted by Crippen LogP contribution is 2.31. The van der Waals surface area contributed by atoms with Gasteiger partial charge in [0.1, 0.15) is 5.56 Å². The molecule has 4 rings (SSSR count). The topological polar surface area (TPSA) is 67.6 Å². The van der Waals surface area contributed by atoms with Gasteiger partial charge in [-0.1, -0.05) is 6.07 Å². The van der Waals surface area contributed by atoms with Gasteiger partial charge in [0, 0.05) is 29.5 Å². The molecule has 0 radical (unpaired) electrons. The molecule has 6 nitrogen and oxygen atoms in total. The molecule has 7 heteroatoms. The maximum absolute atomic E-state index is 13.1. The van der Waals surface area contributed by atoms with E-state index in [1.807, 2.05) is 32.0 Å². The number of thiazole rings is 1. The van der Waals surface area contributed by atoms with Crippen LogP contribution in [0, 0.1) is 13.8 Å². The Labute approximate surface area is 148 Å². The molecule has 0 N–H and O–H groups in total. The summed E-state index contributed by atoms with van der Waals surface area (Å²) in [6.45, 7) is 4.46. The van der Waals surface area contributed by atoms with Gasteiger partial charge in [0.15, 0.2) is 4.96 Å². The number of hydrogen-bond donors (Lipinski definition) is 0. The van der Waals surface area contributed by atoms with Crippen molar-refractivity contribution < 1.29 is 4.79 Å². The SMILES string of the molecule is Cc1sc2ncc(C(=O)N3CCC[C@@H]3c3ccccn3)c(=O)n2c1C. The first-order chi connectivity index (χ1) is 12.1. The average molecular weight is 354 g/mol. The van der Waals surface area contributed by atoms with Crippen LogP contribution in [0.1, 0.15) is 45.5 Å². The lowest BCUT2D eigenvalue weighted by atomic mass is 10.1. The number of aryl methyl sites for hydroxylation is 2. The Bertz CT molecular complexity index is 1010. The minimum Gasteiger partial charge on any atom is -0.330 e. The molecule has 25 heavy (non-hydrogen) atoms. The summed E-state index contributed by atoms with van der Waals surface area (Å²) in [7, 11) is 0. The highest BCUT2D eigenvalue weighted by molar-refractivity contribution is 7.17. The number of nitrogens with zero attached hydrogens (tertiary/aromatic N) is 4. The van der Waals surface area contributed by atoms with Crippen molar-refractivity contribution in [3.8, 4) is 0 Å². The third-order valence-electron chi connectivity index (χ3n) is 4.79. The standard InChI is InChI=1S/C18H18N4O2S/c1-11-12(2)25-18-20-10-13(17(24)22(11)18)16(23)21-9-5-7-15(21)14-6-3-4-8-19-14/h3-4,6,8,10,15H,5,7,9H2,1-2H3/t15-/m1/s1. The summed E-state index contributed by atoms with van der Waals surface area (Å²) in [6.07, 6.45) is 4.91. The van der Waals surface area contributed by atoms with E-state index < -0.39 is 0 Å². The van der Waals surface area contributed by atoms with Gasteiger partial charge in [0.2, 0.25) is 0 Å². The zero-order chi connectivity index (χ0) is 17.6. The molecule has 1 atom stereocenters. The Morgan fingerprint density at radius 2 is 2.12 bits per heavy atom. The van der Waals surface area contributed by atoms with E-state index in [1.165, 1.54) is 17.5 Å². The van der Waals surface area contributed by atoms with Crippen molar-refractivity contribution in [2.24, 2.45) is 0 Å². The van der Waals surface area contributed by atoms with E-state index in [1.54, 1.807) is 15.5 Å². The van der Waals surface area contributed by atoms with Crippen LogP contribution in [0.2, 0.25) is 0 Å². The van der Waals surface area contributed by atoms with Crippen LogP contribution in [0.25, 0.3) is 4.96 Å². The number of carbonyl (C=O) groups is 1. The van der Waals surface area contributed by atoms with Crippen molar-refractivity contribution in [1.82, 2.24) is 19.3 Å². The number of pyridine rings is 1. The molecule has 1 amide bonds. The fourth-order valence-electron chi connectivity index (χ4n) is 3.37. The monoisotopic (exact) mass is 354 g/mol. The summed E-state index contributed by atoms with van der Waals surface area (Å²) in [5.74, 6) is -0.261. The number of aromatic nitrogens is 3. The number of likely N-dealkylation sites (tertiary alicyclic amines) is 1. The Hall–Kier alpha value is -2.54. The van der Waals surface area contributed by atoms with Gasteiger partial charge in [-0.05, 0) is 38.8 Å². The third kappa shape index (κ3) is 2.55. The van der Waals surface area contributed by atoms with Crippen LogP contribution in [0.3, 0.4) is 0 Å². The minimum atomic E-state index is -0.288. The van der Waals surface area contributed by atoms with Crippen molar-refractivity contribution >= 4 is 22.2 Å². The number of rotatable bonds is 2. The smallest absolute Gasteiger partial charge is 0.271 e. The van der Waals surface area contributed by atoms with Gasteiger partial charge >= 0.3 is 0 Å². The molecule has 0 aliphatic carbocycles. The molecule has 0 unspecified atom stereocenters. The molecule has 1 aliphatic rings. The lowest BCUT2D eigenvalue weighted by Crippen LogP contribution is -2.35. The molecule has 3 aromatic rings. The van der Waals surface area contributed by atoms with E-state index in [-0.39, 0.29) is 23.1 Å². The second-order valence-corrected chi connectivity index (χ2v) is 7.43. The number of fused-ring (bicyclic) bond motifs is 1. The van der Waals surface area contributed by atoms with Crippen molar-refractivity contribution in [2.45, 2.75) is 32.7 Å². The molecule has 1 saturated heterocycles. The summed E-state index contributed by atoms with van der Waals surface area (Å²) in [4.78, 5) is 38.1. The molecule has 1 aliphatic heterocycles. The molecule has 0 aromatic carbocycles. The largest absolute Gasteiger partial charge is 0.330 e. The predicted molar refractivity (Wildman–Crippen MR) is 96.1 cm³/mol. The van der Waals surface area contributed by atoms with E-state index >= 15 is 0 Å². The van der Waals surface area contributed by atoms with Crippen molar-refractivity contribution in [3.63, 3.8) is 0 Å². The maximum atomic E-state index is 13.1. The zero-order valence-electron chi connectivity index (χ0n) is 14.1. The molecular formula is C18H18N4O2S. The van der Waals surface area contributed by atoms with E-state index in [0.29, 0.717) is 11.5 Å². The number of hydrogen-bond acceptors (Lipinski definition) is 5. The van der Waals surface area contributed by atoms with Crippen molar-refractivity contribution in [3.05, 3.63) is 62.8 Å². The van der Waals surface area contributed by atoms with Crippen LogP contribution in [-0.4, -0.2) is 31.7 Å². The van der Waals surface area contributed by atoms with Gasteiger partial charge in [0.05, 0.1) is 11.7 Å². The lowest BCUT2D eigenvalue weighted by Gasteiger charge is -2.24. The van der Waals surface area contributed by atoms with E-state index in [0.717, 1.165) is 29.1 Å². The van der Waals surface area contributed by atoms with Crippen LogP contribution < -0.4 is 5.56 Å². The van der Waals surface area contributed by atoms with Gasteiger partial charge in [0.25, 0.3) is 11.5 Å². The highest BCUT2D eigenvalue weighted by Gasteiger charge is 2.33. The Morgan fingerprint density at radius 1 is 1.28 bits per heavy atom. The third-order valence-corrected chi connectivity index (χ3v) is 5.86. The Morgan fingerprint density at radius 3 is 2.88 bits per heavy atom. The summed E-state index contributed by atoms with van der Waals surface area (Å²) in [6, 6.07) is 5.62. The van der Waals surface area contributed by atoms with Crippen LogP contribution in [-0.2, 0) is 0 Å². The molecule has 0 saturated carbocycles. The first kappa shape index (κ1) is 16.0. The van der Waals surface area contributed by atoms with E-state index in [4.69, 9.17) is 0 Å². The average Bonchev–Trinajstić information content (AvgIpc) is 3.21. The molecule has 0 spiro atoms. The molecule has 128 valence electrons. The van der Waals surface area contributed by atoms with Crippen LogP contribution >= 0.6 is 11.3 Å². The minimum absolute atomic E-state index is 0.0842. The number of amides is 1. The molecule has 3 aromatic heterocycles. The molecular weight excluding hydrogens is 336 g/mol. The first-order valence-corrected chi connectivity index (χ1v) is 9.09. The second kappa shape index (κ2) is 6.07. The number of carbonyl (C=O) groups excluding carboxylic acids is 1. The molecule has 1 fully saturated rings. The Balaban J connectivity index is 1.76. The zero-order valence-corrected chi connectivity index (χ0v) is 14.9. The quantitative estimate of drug-likeness (QED) is 0.710. The normalized spacial score (nSPS) is 17.4. The van der Waals surface area contributed by atoms with E-state index in [9.17, 15) is 9.59 Å². The van der Waals surface area contributed by atoms with Crippen LogP contribution in [0.5, 0.6) is 0 Å². The maximum Gasteiger partial charge on any atom is 0.271 e. The van der Waals surface area contributed by atoms with Gasteiger partial charge in [-0.3, -0.25) is 19.0 Å². The van der Waals surface area contributed by atoms with Crippen molar-refractivity contribution in [1.29, 1.82) is 0 Å². The summed E-state index contributed by atoms with van der Waals surface area (Å²) in [5.41, 5.74) is 1.55. The van der Waals surface area contributed by atoms with Gasteiger partial charge in [-0.2, -0.15) is 0 Å². The Kier molecular flexibility index (Phi) is 3.88. The van der Waals surface area contributed by atoms with Gasteiger partial charge in [-0.15, -0.1) is 11.3 Å². The van der Waals surface area contributed by atoms with E-state index in [2.05, 4.69) is 9.97 Å². The van der Waals surface area contributed by atoms with Gasteiger partial charge < -0.3 is 4.90 Å². The fourth-order valence-corrected chi connectivity index (χ4v) is 4.30. The molecule has 0 bridgehead atoms. The van der Waals surface area contributed by atoms with Gasteiger partial charge in [-0.25, -0.2) is 4.98 Å². The highest BCUT2D eigenvalue weighted by atomic mass is 32.1. The van der Waals surface area contributed by atoms with Crippen LogP contribution in [0.4, 0.5) is 0 Å². The summed E-state index contributed by atoms with van der Waals surface area (Å²) >= 11 is 1.46. The molecule has 4 heterocycles. The first-order valence-electron chi connectivity index (χ1n) is 8.27. The second-order valence-electron chi connectivity index (χ2n) is 6.25. The summed E-state index contributed by atoms with van der Waals surface area (Å²) < 4.78 is 1.54. The fraction of sp³-hybridized carbons (Fsp3) is 0.333. The van der Waals surface area contributed by atoms with Crippen molar-refractivity contribution in [2.75, 3.05) is 6.54 Å².